The van der Waals surface area contributed by atoms with Gasteiger partial charge in [-0.1, -0.05) is 24.3 Å². The van der Waals surface area contributed by atoms with E-state index in [1.54, 1.807) is 0 Å². The fourth-order valence-electron chi connectivity index (χ4n) is 2.81. The first kappa shape index (κ1) is 12.9. The minimum Gasteiger partial charge on any atom is -0.330 e. The summed E-state index contributed by atoms with van der Waals surface area (Å²) in [7, 11) is 0. The molecule has 2 aromatic rings. The van der Waals surface area contributed by atoms with Crippen LogP contribution in [0.2, 0.25) is 0 Å². The summed E-state index contributed by atoms with van der Waals surface area (Å²) in [5.74, 6) is 0.108. The summed E-state index contributed by atoms with van der Waals surface area (Å²) in [6, 6.07) is 15.6. The molecule has 3 rings (SSSR count). The first-order chi connectivity index (χ1) is 9.75. The molecule has 1 aliphatic heterocycles. The number of benzene rings is 1. The predicted octanol–water partition coefficient (Wildman–Crippen LogP) is 3.37. The van der Waals surface area contributed by atoms with Gasteiger partial charge >= 0.3 is 0 Å². The number of aromatic nitrogens is 1. The highest BCUT2D eigenvalue weighted by Gasteiger charge is 2.31. The van der Waals surface area contributed by atoms with Crippen LogP contribution in [0, 0.1) is 6.92 Å². The summed E-state index contributed by atoms with van der Waals surface area (Å²) in [4.78, 5) is 19.2. The van der Waals surface area contributed by atoms with E-state index in [0.29, 0.717) is 0 Å². The Labute approximate surface area is 119 Å². The molecule has 3 heteroatoms. The molecular weight excluding hydrogens is 248 g/mol. The van der Waals surface area contributed by atoms with E-state index in [0.717, 1.165) is 36.3 Å². The van der Waals surface area contributed by atoms with Crippen molar-refractivity contribution in [3.63, 3.8) is 0 Å². The van der Waals surface area contributed by atoms with Crippen LogP contribution in [0.3, 0.4) is 0 Å². The second-order valence-corrected chi connectivity index (χ2v) is 5.23. The van der Waals surface area contributed by atoms with Gasteiger partial charge < -0.3 is 4.90 Å². The van der Waals surface area contributed by atoms with Crippen LogP contribution in [0.15, 0.2) is 48.5 Å². The van der Waals surface area contributed by atoms with Crippen molar-refractivity contribution < 1.29 is 4.79 Å². The number of rotatable bonds is 2. The smallest absolute Gasteiger partial charge is 0.254 e. The predicted molar refractivity (Wildman–Crippen MR) is 78.4 cm³/mol. The molecule has 1 amide bonds. The number of hydrogen-bond acceptors (Lipinski definition) is 2. The van der Waals surface area contributed by atoms with E-state index in [2.05, 4.69) is 4.98 Å². The minimum absolute atomic E-state index is 0.108. The van der Waals surface area contributed by atoms with Gasteiger partial charge in [0.15, 0.2) is 0 Å². The molecule has 3 nitrogen and oxygen atoms in total. The first-order valence-corrected chi connectivity index (χ1v) is 7.05. The van der Waals surface area contributed by atoms with Gasteiger partial charge in [-0.05, 0) is 44.0 Å². The maximum Gasteiger partial charge on any atom is 0.254 e. The second-order valence-electron chi connectivity index (χ2n) is 5.23. The molecule has 0 spiro atoms. The molecule has 0 N–H and O–H groups in total. The Balaban J connectivity index is 1.88. The number of carbonyl (C=O) groups is 1. The molecule has 0 bridgehead atoms. The summed E-state index contributed by atoms with van der Waals surface area (Å²) >= 11 is 0. The Morgan fingerprint density at radius 1 is 1.15 bits per heavy atom. The molecular formula is C17H18N2O. The zero-order valence-corrected chi connectivity index (χ0v) is 11.6. The average Bonchev–Trinajstić information content (AvgIpc) is 2.97. The summed E-state index contributed by atoms with van der Waals surface area (Å²) < 4.78 is 0. The highest BCUT2D eigenvalue weighted by molar-refractivity contribution is 5.94. The molecule has 0 radical (unpaired) electrons. The zero-order chi connectivity index (χ0) is 13.9. The highest BCUT2D eigenvalue weighted by Crippen LogP contribution is 2.32. The first-order valence-electron chi connectivity index (χ1n) is 7.05. The van der Waals surface area contributed by atoms with Crippen molar-refractivity contribution in [1.82, 2.24) is 9.88 Å². The Morgan fingerprint density at radius 2 is 1.95 bits per heavy atom. The lowest BCUT2D eigenvalue weighted by molar-refractivity contribution is 0.0733. The van der Waals surface area contributed by atoms with Crippen LogP contribution < -0.4 is 0 Å². The van der Waals surface area contributed by atoms with E-state index in [-0.39, 0.29) is 11.9 Å². The van der Waals surface area contributed by atoms with Crippen molar-refractivity contribution in [2.45, 2.75) is 25.8 Å². The minimum atomic E-state index is 0.108. The van der Waals surface area contributed by atoms with Gasteiger partial charge in [0, 0.05) is 17.8 Å². The fraction of sp³-hybridized carbons (Fsp3) is 0.294. The second kappa shape index (κ2) is 5.45. The zero-order valence-electron chi connectivity index (χ0n) is 11.6. The molecule has 2 heterocycles. The Bertz CT molecular complexity index is 609. The molecule has 0 aliphatic carbocycles. The number of amides is 1. The summed E-state index contributed by atoms with van der Waals surface area (Å²) in [6.07, 6.45) is 2.04. The SMILES string of the molecule is Cc1cccc([C@H]2CCCN2C(=O)c2ccccc2)n1. The van der Waals surface area contributed by atoms with Crippen LogP contribution in [-0.4, -0.2) is 22.3 Å². The van der Waals surface area contributed by atoms with Crippen LogP contribution in [0.1, 0.15) is 40.6 Å². The van der Waals surface area contributed by atoms with E-state index >= 15 is 0 Å². The average molecular weight is 266 g/mol. The van der Waals surface area contributed by atoms with Gasteiger partial charge in [0.25, 0.3) is 5.91 Å². The van der Waals surface area contributed by atoms with E-state index < -0.39 is 0 Å². The quantitative estimate of drug-likeness (QED) is 0.835. The van der Waals surface area contributed by atoms with Crippen LogP contribution in [0.25, 0.3) is 0 Å². The van der Waals surface area contributed by atoms with Crippen molar-refractivity contribution in [3.05, 3.63) is 65.5 Å². The normalized spacial score (nSPS) is 18.2. The number of carbonyl (C=O) groups excluding carboxylic acids is 1. The fourth-order valence-corrected chi connectivity index (χ4v) is 2.81. The number of nitrogens with zero attached hydrogens (tertiary/aromatic N) is 2. The number of hydrogen-bond donors (Lipinski definition) is 0. The molecule has 1 saturated heterocycles. The van der Waals surface area contributed by atoms with Crippen LogP contribution in [0.5, 0.6) is 0 Å². The largest absolute Gasteiger partial charge is 0.330 e. The lowest BCUT2D eigenvalue weighted by Gasteiger charge is -2.24. The monoisotopic (exact) mass is 266 g/mol. The molecule has 1 aliphatic rings. The van der Waals surface area contributed by atoms with Gasteiger partial charge in [0.2, 0.25) is 0 Å². The number of pyridine rings is 1. The number of aryl methyl sites for hydroxylation is 1. The lowest BCUT2D eigenvalue weighted by atomic mass is 10.1. The molecule has 1 atom stereocenters. The highest BCUT2D eigenvalue weighted by atomic mass is 16.2. The van der Waals surface area contributed by atoms with E-state index in [1.165, 1.54) is 0 Å². The standard InChI is InChI=1S/C17H18N2O/c1-13-7-5-10-15(18-13)16-11-6-12-19(16)17(20)14-8-3-2-4-9-14/h2-5,7-10,16H,6,11-12H2,1H3/t16-/m1/s1. The molecule has 102 valence electrons. The molecule has 1 fully saturated rings. The van der Waals surface area contributed by atoms with E-state index in [9.17, 15) is 4.79 Å². The molecule has 0 unspecified atom stereocenters. The third kappa shape index (κ3) is 2.44. The van der Waals surface area contributed by atoms with Crippen LogP contribution >= 0.6 is 0 Å². The van der Waals surface area contributed by atoms with Gasteiger partial charge in [-0.2, -0.15) is 0 Å². The van der Waals surface area contributed by atoms with Gasteiger partial charge in [0.1, 0.15) is 0 Å². The van der Waals surface area contributed by atoms with Gasteiger partial charge in [-0.25, -0.2) is 0 Å². The third-order valence-corrected chi connectivity index (χ3v) is 3.79. The van der Waals surface area contributed by atoms with Crippen molar-refractivity contribution in [2.24, 2.45) is 0 Å². The van der Waals surface area contributed by atoms with Gasteiger partial charge in [-0.3, -0.25) is 9.78 Å². The van der Waals surface area contributed by atoms with Crippen molar-refractivity contribution in [3.8, 4) is 0 Å². The van der Waals surface area contributed by atoms with E-state index in [4.69, 9.17) is 0 Å². The van der Waals surface area contributed by atoms with Crippen molar-refractivity contribution >= 4 is 5.91 Å². The summed E-state index contributed by atoms with van der Waals surface area (Å²) in [6.45, 7) is 2.80. The number of likely N-dealkylation sites (tertiary alicyclic amines) is 1. The van der Waals surface area contributed by atoms with Crippen LogP contribution in [0.4, 0.5) is 0 Å². The topological polar surface area (TPSA) is 33.2 Å². The van der Waals surface area contributed by atoms with Gasteiger partial charge in [0.05, 0.1) is 11.7 Å². The van der Waals surface area contributed by atoms with Crippen molar-refractivity contribution in [2.75, 3.05) is 6.54 Å². The summed E-state index contributed by atoms with van der Waals surface area (Å²) in [5.41, 5.74) is 2.76. The van der Waals surface area contributed by atoms with Gasteiger partial charge in [-0.15, -0.1) is 0 Å². The maximum absolute atomic E-state index is 12.6. The molecule has 20 heavy (non-hydrogen) atoms. The molecule has 0 saturated carbocycles. The lowest BCUT2D eigenvalue weighted by Crippen LogP contribution is -2.31. The Morgan fingerprint density at radius 3 is 2.70 bits per heavy atom. The Hall–Kier alpha value is -2.16. The Kier molecular flexibility index (Phi) is 3.50. The maximum atomic E-state index is 12.6. The third-order valence-electron chi connectivity index (χ3n) is 3.79. The molecule has 1 aromatic carbocycles. The van der Waals surface area contributed by atoms with E-state index in [1.807, 2.05) is 60.4 Å². The van der Waals surface area contributed by atoms with Crippen molar-refractivity contribution in [1.29, 1.82) is 0 Å². The van der Waals surface area contributed by atoms with Crippen LogP contribution in [-0.2, 0) is 0 Å². The summed E-state index contributed by atoms with van der Waals surface area (Å²) in [5, 5.41) is 0. The molecule has 1 aromatic heterocycles.